The van der Waals surface area contributed by atoms with Gasteiger partial charge in [0.05, 0.1) is 10.3 Å². The molecule has 10 heteroatoms. The Morgan fingerprint density at radius 2 is 1.66 bits per heavy atom. The smallest absolute Gasteiger partial charge is 0.240 e. The first-order valence-electron chi connectivity index (χ1n) is 12.3. The van der Waals surface area contributed by atoms with E-state index < -0.39 is 15.4 Å². The summed E-state index contributed by atoms with van der Waals surface area (Å²) in [6.45, 7) is 3.83. The van der Waals surface area contributed by atoms with Gasteiger partial charge in [-0.25, -0.2) is 13.1 Å². The van der Waals surface area contributed by atoms with Gasteiger partial charge in [-0.15, -0.1) is 0 Å². The summed E-state index contributed by atoms with van der Waals surface area (Å²) >= 11 is 0. The van der Waals surface area contributed by atoms with E-state index in [-0.39, 0.29) is 36.6 Å². The minimum atomic E-state index is -3.71. The number of anilines is 1. The Bertz CT molecular complexity index is 1500. The Hall–Kier alpha value is -3.89. The molecule has 0 unspecified atom stereocenters. The third kappa shape index (κ3) is 5.23. The highest BCUT2D eigenvalue weighted by Crippen LogP contribution is 2.51. The third-order valence-electron chi connectivity index (χ3n) is 6.87. The Labute approximate surface area is 221 Å². The van der Waals surface area contributed by atoms with E-state index in [0.717, 1.165) is 35.1 Å². The molecule has 1 heterocycles. The highest BCUT2D eigenvalue weighted by molar-refractivity contribution is 7.89. The Kier molecular flexibility index (Phi) is 6.85. The molecule has 0 radical (unpaired) electrons. The van der Waals surface area contributed by atoms with Crippen LogP contribution in [0.2, 0.25) is 0 Å². The second-order valence-corrected chi connectivity index (χ2v) is 11.3. The van der Waals surface area contributed by atoms with E-state index in [1.165, 1.54) is 6.92 Å². The summed E-state index contributed by atoms with van der Waals surface area (Å²) in [5.74, 6) is 1.06. The molecule has 9 nitrogen and oxygen atoms in total. The van der Waals surface area contributed by atoms with Crippen molar-refractivity contribution >= 4 is 27.5 Å². The van der Waals surface area contributed by atoms with Crippen molar-refractivity contribution in [2.45, 2.75) is 37.0 Å². The maximum atomic E-state index is 13.4. The maximum Gasteiger partial charge on any atom is 0.240 e. The average molecular weight is 536 g/mol. The van der Waals surface area contributed by atoms with E-state index >= 15 is 0 Å². The lowest BCUT2D eigenvalue weighted by Gasteiger charge is -2.17. The highest BCUT2D eigenvalue weighted by atomic mass is 32.2. The number of rotatable bonds is 9. The number of aryl methyl sites for hydroxylation is 1. The van der Waals surface area contributed by atoms with Crippen LogP contribution >= 0.6 is 0 Å². The molecule has 0 bridgehead atoms. The van der Waals surface area contributed by atoms with Crippen LogP contribution in [0.3, 0.4) is 0 Å². The van der Waals surface area contributed by atoms with E-state index in [1.54, 1.807) is 24.3 Å². The Morgan fingerprint density at radius 1 is 0.921 bits per heavy atom. The normalized spacial score (nSPS) is 15.1. The molecular weight excluding hydrogens is 506 g/mol. The molecule has 198 valence electrons. The second kappa shape index (κ2) is 10.1. The fourth-order valence-electron chi connectivity index (χ4n) is 4.55. The van der Waals surface area contributed by atoms with Gasteiger partial charge < -0.3 is 20.1 Å². The lowest BCUT2D eigenvalue weighted by atomic mass is 9.94. The number of hydrogen-bond acceptors (Lipinski definition) is 6. The summed E-state index contributed by atoms with van der Waals surface area (Å²) < 4.78 is 38.5. The van der Waals surface area contributed by atoms with E-state index in [2.05, 4.69) is 15.4 Å². The van der Waals surface area contributed by atoms with Gasteiger partial charge in [-0.1, -0.05) is 24.3 Å². The van der Waals surface area contributed by atoms with Crippen molar-refractivity contribution < 1.29 is 27.5 Å². The molecule has 1 aliphatic heterocycles. The fourth-order valence-corrected chi connectivity index (χ4v) is 5.58. The monoisotopic (exact) mass is 535 g/mol. The zero-order valence-electron chi connectivity index (χ0n) is 21.2. The van der Waals surface area contributed by atoms with E-state index in [1.807, 2.05) is 43.3 Å². The van der Waals surface area contributed by atoms with Crippen LogP contribution in [0.4, 0.5) is 5.69 Å². The predicted octanol–water partition coefficient (Wildman–Crippen LogP) is 3.48. The molecule has 1 aliphatic carbocycles. The van der Waals surface area contributed by atoms with Crippen LogP contribution in [0, 0.1) is 6.92 Å². The maximum absolute atomic E-state index is 13.4. The van der Waals surface area contributed by atoms with E-state index in [9.17, 15) is 18.0 Å². The molecule has 5 rings (SSSR count). The van der Waals surface area contributed by atoms with Crippen molar-refractivity contribution in [3.05, 3.63) is 71.8 Å². The summed E-state index contributed by atoms with van der Waals surface area (Å²) in [4.78, 5) is 24.4. The third-order valence-corrected chi connectivity index (χ3v) is 8.35. The van der Waals surface area contributed by atoms with Crippen LogP contribution in [-0.4, -0.2) is 40.1 Å². The minimum absolute atomic E-state index is 0.0713. The number of benzene rings is 3. The summed E-state index contributed by atoms with van der Waals surface area (Å²) in [7, 11) is -3.71. The fraction of sp³-hybridized carbons (Fsp3) is 0.286. The van der Waals surface area contributed by atoms with Crippen molar-refractivity contribution in [3.63, 3.8) is 0 Å². The molecule has 1 fully saturated rings. The molecule has 0 saturated heterocycles. The predicted molar refractivity (Wildman–Crippen MR) is 143 cm³/mol. The van der Waals surface area contributed by atoms with Gasteiger partial charge in [0.2, 0.25) is 28.6 Å². The second-order valence-electron chi connectivity index (χ2n) is 9.54. The molecule has 2 amide bonds. The number of fused-ring (bicyclic) bond motifs is 1. The number of nitrogens with one attached hydrogen (secondary N) is 3. The van der Waals surface area contributed by atoms with Crippen molar-refractivity contribution in [3.8, 4) is 22.6 Å². The summed E-state index contributed by atoms with van der Waals surface area (Å²) in [5, 5.41) is 5.62. The van der Waals surface area contributed by atoms with Gasteiger partial charge in [-0.2, -0.15) is 0 Å². The zero-order chi connectivity index (χ0) is 26.9. The summed E-state index contributed by atoms with van der Waals surface area (Å²) in [5.41, 5.74) is 3.69. The van der Waals surface area contributed by atoms with Crippen LogP contribution in [0.1, 0.15) is 30.9 Å². The quantitative estimate of drug-likeness (QED) is 0.361. The Morgan fingerprint density at radius 3 is 2.37 bits per heavy atom. The van der Waals surface area contributed by atoms with Crippen LogP contribution < -0.4 is 24.8 Å². The standard InChI is InChI=1S/C28H29N3O6S/c1-18-3-7-22(31-27(33)28(11-12-28)21-6-10-25-26(15-21)37-17-36-25)16-24(18)20-4-8-23(9-5-20)38(34,35)30-14-13-29-19(2)32/h3-10,15-16,30H,11-14,17H2,1-2H3,(H,29,32)(H,31,33). The molecule has 3 aromatic rings. The van der Waals surface area contributed by atoms with Crippen LogP contribution in [0.25, 0.3) is 11.1 Å². The number of amides is 2. The van der Waals surface area contributed by atoms with Gasteiger partial charge in [0.25, 0.3) is 0 Å². The molecule has 2 aliphatic rings. The van der Waals surface area contributed by atoms with Crippen LogP contribution in [-0.2, 0) is 25.0 Å². The van der Waals surface area contributed by atoms with Crippen LogP contribution in [0.5, 0.6) is 11.5 Å². The molecule has 0 spiro atoms. The SMILES string of the molecule is CC(=O)NCCNS(=O)(=O)c1ccc(-c2cc(NC(=O)C3(c4ccc5c(c4)OCO5)CC3)ccc2C)cc1. The van der Waals surface area contributed by atoms with Crippen molar-refractivity contribution in [2.75, 3.05) is 25.2 Å². The molecule has 0 aromatic heterocycles. The Balaban J connectivity index is 1.30. The lowest BCUT2D eigenvalue weighted by molar-refractivity contribution is -0.119. The lowest BCUT2D eigenvalue weighted by Crippen LogP contribution is -2.33. The number of carbonyl (C=O) groups excluding carboxylic acids is 2. The first-order chi connectivity index (χ1) is 18.2. The number of hydrogen-bond donors (Lipinski definition) is 3. The van der Waals surface area contributed by atoms with Gasteiger partial charge >= 0.3 is 0 Å². The first kappa shape index (κ1) is 25.7. The van der Waals surface area contributed by atoms with E-state index in [0.29, 0.717) is 17.2 Å². The number of sulfonamides is 1. The average Bonchev–Trinajstić information content (AvgIpc) is 3.58. The summed E-state index contributed by atoms with van der Waals surface area (Å²) in [6.07, 6.45) is 1.51. The molecule has 38 heavy (non-hydrogen) atoms. The number of carbonyl (C=O) groups is 2. The van der Waals surface area contributed by atoms with Gasteiger partial charge in [0, 0.05) is 25.7 Å². The molecule has 3 N–H and O–H groups in total. The molecular formula is C28H29N3O6S. The van der Waals surface area contributed by atoms with Gasteiger partial charge in [0.1, 0.15) is 0 Å². The minimum Gasteiger partial charge on any atom is -0.454 e. The zero-order valence-corrected chi connectivity index (χ0v) is 22.0. The molecule has 0 atom stereocenters. The first-order valence-corrected chi connectivity index (χ1v) is 13.8. The van der Waals surface area contributed by atoms with Gasteiger partial charge in [-0.05, 0) is 78.4 Å². The summed E-state index contributed by atoms with van der Waals surface area (Å²) in [6, 6.07) is 17.9. The van der Waals surface area contributed by atoms with E-state index in [4.69, 9.17) is 9.47 Å². The van der Waals surface area contributed by atoms with Crippen molar-refractivity contribution in [2.24, 2.45) is 0 Å². The largest absolute Gasteiger partial charge is 0.454 e. The topological polar surface area (TPSA) is 123 Å². The molecule has 3 aromatic carbocycles. The van der Waals surface area contributed by atoms with Crippen molar-refractivity contribution in [1.82, 2.24) is 10.0 Å². The highest BCUT2D eigenvalue weighted by Gasteiger charge is 2.51. The van der Waals surface area contributed by atoms with Crippen LogP contribution in [0.15, 0.2) is 65.6 Å². The van der Waals surface area contributed by atoms with Gasteiger partial charge in [0.15, 0.2) is 11.5 Å². The number of ether oxygens (including phenoxy) is 2. The van der Waals surface area contributed by atoms with Gasteiger partial charge in [-0.3, -0.25) is 9.59 Å². The van der Waals surface area contributed by atoms with Crippen molar-refractivity contribution in [1.29, 1.82) is 0 Å². The molecule has 1 saturated carbocycles.